The van der Waals surface area contributed by atoms with E-state index in [0.717, 1.165) is 24.2 Å². The maximum absolute atomic E-state index is 13.2. The highest BCUT2D eigenvalue weighted by Crippen LogP contribution is 2.34. The van der Waals surface area contributed by atoms with Gasteiger partial charge in [0, 0.05) is 25.1 Å². The zero-order valence-electron chi connectivity index (χ0n) is 17.9. The van der Waals surface area contributed by atoms with Crippen LogP contribution >= 0.6 is 11.3 Å². The van der Waals surface area contributed by atoms with Gasteiger partial charge in [-0.05, 0) is 48.9 Å². The van der Waals surface area contributed by atoms with Crippen LogP contribution in [0.25, 0.3) is 0 Å². The zero-order valence-corrected chi connectivity index (χ0v) is 18.7. The molecular weight excluding hydrogens is 400 g/mol. The molecule has 7 heteroatoms. The van der Waals surface area contributed by atoms with Gasteiger partial charge in [0.05, 0.1) is 12.6 Å². The van der Waals surface area contributed by atoms with Gasteiger partial charge < -0.3 is 19.3 Å². The number of carbonyl (C=O) groups is 2. The van der Waals surface area contributed by atoms with E-state index in [-0.39, 0.29) is 31.0 Å². The predicted molar refractivity (Wildman–Crippen MR) is 118 cm³/mol. The lowest BCUT2D eigenvalue weighted by Crippen LogP contribution is -2.48. The Labute approximate surface area is 182 Å². The van der Waals surface area contributed by atoms with Crippen molar-refractivity contribution in [3.05, 3.63) is 51.7 Å². The molecule has 3 rings (SSSR count). The topological polar surface area (TPSA) is 59.1 Å². The largest absolute Gasteiger partial charge is 0.491 e. The van der Waals surface area contributed by atoms with Crippen molar-refractivity contribution in [3.63, 3.8) is 0 Å². The maximum Gasteiger partial charge on any atom is 0.249 e. The van der Waals surface area contributed by atoms with E-state index in [9.17, 15) is 9.59 Å². The van der Waals surface area contributed by atoms with Crippen LogP contribution in [0.5, 0.6) is 5.75 Å². The Hall–Kier alpha value is -2.38. The van der Waals surface area contributed by atoms with E-state index in [1.54, 1.807) is 16.2 Å². The SMILES string of the molecule is CCCN(CC(=O)N1CCc2sccc2[C@H]1COc1ccc(C)cc1)C(=O)COC. The second-order valence-electron chi connectivity index (χ2n) is 7.52. The van der Waals surface area contributed by atoms with E-state index in [1.165, 1.54) is 17.6 Å². The number of amides is 2. The molecule has 0 aliphatic carbocycles. The first-order valence-electron chi connectivity index (χ1n) is 10.3. The van der Waals surface area contributed by atoms with Crippen LogP contribution in [-0.2, 0) is 20.7 Å². The van der Waals surface area contributed by atoms with E-state index >= 15 is 0 Å². The second-order valence-corrected chi connectivity index (χ2v) is 8.53. The third kappa shape index (κ3) is 5.40. The Bertz CT molecular complexity index is 849. The highest BCUT2D eigenvalue weighted by Gasteiger charge is 2.33. The Balaban J connectivity index is 1.74. The van der Waals surface area contributed by atoms with E-state index in [0.29, 0.717) is 19.7 Å². The van der Waals surface area contributed by atoms with Crippen LogP contribution in [0.4, 0.5) is 0 Å². The maximum atomic E-state index is 13.2. The number of rotatable bonds is 9. The van der Waals surface area contributed by atoms with E-state index in [2.05, 4.69) is 11.4 Å². The molecule has 2 aromatic rings. The number of carbonyl (C=O) groups excluding carboxylic acids is 2. The fourth-order valence-electron chi connectivity index (χ4n) is 3.71. The van der Waals surface area contributed by atoms with Gasteiger partial charge >= 0.3 is 0 Å². The van der Waals surface area contributed by atoms with Gasteiger partial charge in [0.25, 0.3) is 0 Å². The van der Waals surface area contributed by atoms with E-state index in [4.69, 9.17) is 9.47 Å². The molecule has 1 aromatic carbocycles. The third-order valence-corrected chi connectivity index (χ3v) is 6.28. The number of fused-ring (bicyclic) bond motifs is 1. The Morgan fingerprint density at radius 1 is 1.23 bits per heavy atom. The van der Waals surface area contributed by atoms with Gasteiger partial charge in [-0.15, -0.1) is 11.3 Å². The lowest BCUT2D eigenvalue weighted by Gasteiger charge is -2.37. The normalized spacial score (nSPS) is 15.6. The summed E-state index contributed by atoms with van der Waals surface area (Å²) in [6.45, 7) is 5.64. The molecule has 0 saturated heterocycles. The molecule has 2 heterocycles. The summed E-state index contributed by atoms with van der Waals surface area (Å²) in [5.74, 6) is 0.578. The molecule has 0 bridgehead atoms. The molecule has 0 fully saturated rings. The molecule has 1 aliphatic rings. The summed E-state index contributed by atoms with van der Waals surface area (Å²) in [4.78, 5) is 30.3. The Morgan fingerprint density at radius 2 is 2.00 bits per heavy atom. The van der Waals surface area contributed by atoms with Crippen molar-refractivity contribution in [2.45, 2.75) is 32.7 Å². The average Bonchev–Trinajstić information content (AvgIpc) is 3.22. The first kappa shape index (κ1) is 22.3. The highest BCUT2D eigenvalue weighted by atomic mass is 32.1. The molecule has 2 amide bonds. The van der Waals surface area contributed by atoms with Crippen molar-refractivity contribution >= 4 is 23.2 Å². The van der Waals surface area contributed by atoms with Crippen molar-refractivity contribution in [3.8, 4) is 5.75 Å². The lowest BCUT2D eigenvalue weighted by molar-refractivity contribution is -0.144. The fraction of sp³-hybridized carbons (Fsp3) is 0.478. The molecule has 30 heavy (non-hydrogen) atoms. The van der Waals surface area contributed by atoms with E-state index < -0.39 is 0 Å². The molecule has 0 unspecified atom stereocenters. The minimum Gasteiger partial charge on any atom is -0.491 e. The molecule has 0 saturated carbocycles. The number of nitrogens with zero attached hydrogens (tertiary/aromatic N) is 2. The van der Waals surface area contributed by atoms with Gasteiger partial charge in [-0.25, -0.2) is 0 Å². The van der Waals surface area contributed by atoms with Crippen molar-refractivity contribution in [1.82, 2.24) is 9.80 Å². The molecule has 1 aliphatic heterocycles. The van der Waals surface area contributed by atoms with Crippen molar-refractivity contribution in [2.75, 3.05) is 40.0 Å². The summed E-state index contributed by atoms with van der Waals surface area (Å²) in [6.07, 6.45) is 1.62. The summed E-state index contributed by atoms with van der Waals surface area (Å²) in [6, 6.07) is 9.85. The monoisotopic (exact) mass is 430 g/mol. The van der Waals surface area contributed by atoms with Crippen LogP contribution in [0.15, 0.2) is 35.7 Å². The molecule has 6 nitrogen and oxygen atoms in total. The molecule has 0 spiro atoms. The number of aryl methyl sites for hydroxylation is 1. The van der Waals surface area contributed by atoms with Gasteiger partial charge in [0.1, 0.15) is 19.0 Å². The second kappa shape index (κ2) is 10.6. The number of methoxy groups -OCH3 is 1. The first-order chi connectivity index (χ1) is 14.5. The number of benzene rings is 1. The smallest absolute Gasteiger partial charge is 0.249 e. The summed E-state index contributed by atoms with van der Waals surface area (Å²) in [7, 11) is 1.49. The van der Waals surface area contributed by atoms with Crippen LogP contribution in [0.2, 0.25) is 0 Å². The van der Waals surface area contributed by atoms with Gasteiger partial charge in [0.2, 0.25) is 11.8 Å². The van der Waals surface area contributed by atoms with Gasteiger partial charge in [0.15, 0.2) is 0 Å². The summed E-state index contributed by atoms with van der Waals surface area (Å²) >= 11 is 1.73. The average molecular weight is 431 g/mol. The summed E-state index contributed by atoms with van der Waals surface area (Å²) < 4.78 is 11.0. The van der Waals surface area contributed by atoms with Gasteiger partial charge in [-0.1, -0.05) is 24.6 Å². The minimum absolute atomic E-state index is 0.0120. The fourth-order valence-corrected chi connectivity index (χ4v) is 4.64. The number of thiophene rings is 1. The van der Waals surface area contributed by atoms with E-state index in [1.807, 2.05) is 43.0 Å². The number of ether oxygens (including phenoxy) is 2. The predicted octanol–water partition coefficient (Wildman–Crippen LogP) is 3.45. The number of hydrogen-bond donors (Lipinski definition) is 0. The van der Waals surface area contributed by atoms with Gasteiger partial charge in [-0.3, -0.25) is 9.59 Å². The molecule has 0 N–H and O–H groups in total. The molecular formula is C23H30N2O4S. The molecule has 1 aromatic heterocycles. The summed E-state index contributed by atoms with van der Waals surface area (Å²) in [5.41, 5.74) is 2.32. The van der Waals surface area contributed by atoms with Crippen molar-refractivity contribution in [2.24, 2.45) is 0 Å². The third-order valence-electron chi connectivity index (χ3n) is 5.28. The molecule has 1 atom stereocenters. The Kier molecular flexibility index (Phi) is 7.87. The zero-order chi connectivity index (χ0) is 21.5. The lowest BCUT2D eigenvalue weighted by atomic mass is 10.0. The van der Waals surface area contributed by atoms with Crippen LogP contribution in [0, 0.1) is 6.92 Å². The quantitative estimate of drug-likeness (QED) is 0.611. The van der Waals surface area contributed by atoms with Crippen LogP contribution in [0.1, 0.15) is 35.4 Å². The summed E-state index contributed by atoms with van der Waals surface area (Å²) in [5, 5.41) is 2.07. The van der Waals surface area contributed by atoms with Gasteiger partial charge in [-0.2, -0.15) is 0 Å². The van der Waals surface area contributed by atoms with Crippen molar-refractivity contribution in [1.29, 1.82) is 0 Å². The van der Waals surface area contributed by atoms with Crippen LogP contribution in [0.3, 0.4) is 0 Å². The van der Waals surface area contributed by atoms with Crippen molar-refractivity contribution < 1.29 is 19.1 Å². The molecule has 0 radical (unpaired) electrons. The number of hydrogen-bond acceptors (Lipinski definition) is 5. The molecule has 162 valence electrons. The van der Waals surface area contributed by atoms with Crippen LogP contribution in [-0.4, -0.2) is 61.6 Å². The standard InChI is InChI=1S/C23H30N2O4S/c1-4-11-24(23(27)16-28-3)14-22(26)25-12-9-21-19(10-13-30-21)20(25)15-29-18-7-5-17(2)6-8-18/h5-8,10,13,20H,4,9,11-12,14-16H2,1-3H3/t20-/m1/s1. The first-order valence-corrected chi connectivity index (χ1v) is 11.2. The van der Waals surface area contributed by atoms with Crippen LogP contribution < -0.4 is 4.74 Å². The highest BCUT2D eigenvalue weighted by molar-refractivity contribution is 7.10. The minimum atomic E-state index is -0.159. The Morgan fingerprint density at radius 3 is 2.70 bits per heavy atom.